The average Bonchev–Trinajstić information content (AvgIpc) is 3.04. The van der Waals surface area contributed by atoms with Gasteiger partial charge in [-0.15, -0.1) is 0 Å². The van der Waals surface area contributed by atoms with Crippen LogP contribution in [0.25, 0.3) is 0 Å². The number of halogens is 3. The Morgan fingerprint density at radius 2 is 1.81 bits per heavy atom. The molecule has 6 nitrogen and oxygen atoms in total. The molecular weight excluding hydrogens is 363 g/mol. The fourth-order valence-electron chi connectivity index (χ4n) is 3.73. The van der Waals surface area contributed by atoms with Gasteiger partial charge in [-0.1, -0.05) is 25.1 Å². The van der Waals surface area contributed by atoms with Gasteiger partial charge in [0, 0.05) is 26.6 Å². The van der Waals surface area contributed by atoms with E-state index in [2.05, 4.69) is 0 Å². The molecule has 2 aliphatic rings. The number of imide groups is 1. The highest BCUT2D eigenvalue weighted by Crippen LogP contribution is 2.33. The lowest BCUT2D eigenvalue weighted by atomic mass is 10.1. The minimum absolute atomic E-state index is 0.0124. The van der Waals surface area contributed by atoms with Crippen molar-refractivity contribution in [1.29, 1.82) is 0 Å². The molecule has 0 unspecified atom stereocenters. The molecule has 1 aromatic rings. The highest BCUT2D eigenvalue weighted by Gasteiger charge is 2.48. The third-order valence-electron chi connectivity index (χ3n) is 5.13. The first-order valence-electron chi connectivity index (χ1n) is 8.67. The summed E-state index contributed by atoms with van der Waals surface area (Å²) in [6, 6.07) is 3.39. The summed E-state index contributed by atoms with van der Waals surface area (Å²) in [6.45, 7) is 1.61. The number of urea groups is 1. The summed E-state index contributed by atoms with van der Waals surface area (Å²) in [7, 11) is 1.53. The Hall–Kier alpha value is -2.58. The summed E-state index contributed by atoms with van der Waals surface area (Å²) < 4.78 is 39.5. The van der Waals surface area contributed by atoms with Crippen LogP contribution < -0.4 is 0 Å². The van der Waals surface area contributed by atoms with Crippen molar-refractivity contribution in [2.45, 2.75) is 44.6 Å². The highest BCUT2D eigenvalue weighted by atomic mass is 19.4. The van der Waals surface area contributed by atoms with E-state index in [1.807, 2.05) is 0 Å². The smallest absolute Gasteiger partial charge is 0.336 e. The van der Waals surface area contributed by atoms with E-state index in [0.717, 1.165) is 11.0 Å². The van der Waals surface area contributed by atoms with Crippen molar-refractivity contribution >= 4 is 17.8 Å². The quantitative estimate of drug-likeness (QED) is 0.751. The van der Waals surface area contributed by atoms with Crippen molar-refractivity contribution in [2.75, 3.05) is 13.6 Å². The van der Waals surface area contributed by atoms with E-state index >= 15 is 0 Å². The van der Waals surface area contributed by atoms with Gasteiger partial charge in [-0.25, -0.2) is 4.79 Å². The number of likely N-dealkylation sites (N-methyl/N-ethyl adjacent to an activating group) is 1. The third-order valence-corrected chi connectivity index (χ3v) is 5.13. The Bertz CT molecular complexity index is 781. The predicted octanol–water partition coefficient (Wildman–Crippen LogP) is 2.48. The number of hydrogen-bond donors (Lipinski definition) is 0. The highest BCUT2D eigenvalue weighted by molar-refractivity contribution is 6.05. The van der Waals surface area contributed by atoms with Crippen LogP contribution in [0.3, 0.4) is 0 Å². The number of nitrogens with zero attached hydrogens (tertiary/aromatic N) is 3. The molecule has 2 atom stereocenters. The zero-order valence-corrected chi connectivity index (χ0v) is 15.0. The maximum Gasteiger partial charge on any atom is 0.416 e. The van der Waals surface area contributed by atoms with E-state index in [4.69, 9.17) is 0 Å². The number of amides is 4. The number of benzene rings is 1. The molecule has 4 amide bonds. The van der Waals surface area contributed by atoms with Crippen LogP contribution >= 0.6 is 0 Å². The van der Waals surface area contributed by atoms with Crippen LogP contribution in [0.2, 0.25) is 0 Å². The first-order chi connectivity index (χ1) is 12.6. The van der Waals surface area contributed by atoms with Crippen LogP contribution in [0.4, 0.5) is 18.0 Å². The Morgan fingerprint density at radius 3 is 2.41 bits per heavy atom. The van der Waals surface area contributed by atoms with Crippen molar-refractivity contribution in [2.24, 2.45) is 0 Å². The molecule has 0 bridgehead atoms. The van der Waals surface area contributed by atoms with Gasteiger partial charge in [0.05, 0.1) is 11.6 Å². The fraction of sp³-hybridized carbons (Fsp3) is 0.500. The van der Waals surface area contributed by atoms with Crippen LogP contribution in [0.15, 0.2) is 24.3 Å². The van der Waals surface area contributed by atoms with Gasteiger partial charge in [-0.2, -0.15) is 13.2 Å². The van der Waals surface area contributed by atoms with Crippen LogP contribution in [0.5, 0.6) is 0 Å². The topological polar surface area (TPSA) is 60.9 Å². The molecule has 0 saturated carbocycles. The van der Waals surface area contributed by atoms with Gasteiger partial charge in [-0.05, 0) is 18.1 Å². The van der Waals surface area contributed by atoms with E-state index in [9.17, 15) is 27.6 Å². The first kappa shape index (κ1) is 19.2. The molecule has 0 N–H and O–H groups in total. The summed E-state index contributed by atoms with van der Waals surface area (Å²) in [5.41, 5.74) is -0.804. The number of hydrogen-bond acceptors (Lipinski definition) is 3. The Balaban J connectivity index is 1.78. The standard InChI is InChI=1S/C18H20F3N3O3/c1-3-14-16(26)24(17(27)22(14)2)12-8-15(25)23(10-12)9-11-6-4-5-7-13(11)18(19,20)21/h4-7,12,14H,3,8-10H2,1-2H3/t12-,14-/m0/s1. The molecular formula is C18H20F3N3O3. The lowest BCUT2D eigenvalue weighted by Crippen LogP contribution is -2.42. The molecule has 0 spiro atoms. The summed E-state index contributed by atoms with van der Waals surface area (Å²) in [6.07, 6.45) is -4.13. The second-order valence-corrected chi connectivity index (χ2v) is 6.81. The molecule has 0 radical (unpaired) electrons. The lowest BCUT2D eigenvalue weighted by molar-refractivity contribution is -0.139. The minimum atomic E-state index is -4.52. The summed E-state index contributed by atoms with van der Waals surface area (Å²) >= 11 is 0. The van der Waals surface area contributed by atoms with Gasteiger partial charge in [0.15, 0.2) is 0 Å². The van der Waals surface area contributed by atoms with Gasteiger partial charge >= 0.3 is 12.2 Å². The maximum atomic E-state index is 13.2. The molecule has 0 aliphatic carbocycles. The fourth-order valence-corrected chi connectivity index (χ4v) is 3.73. The second kappa shape index (κ2) is 6.86. The van der Waals surface area contributed by atoms with E-state index in [1.54, 1.807) is 6.92 Å². The molecule has 146 valence electrons. The van der Waals surface area contributed by atoms with E-state index in [-0.39, 0.29) is 36.9 Å². The van der Waals surface area contributed by atoms with Crippen LogP contribution in [-0.2, 0) is 22.3 Å². The molecule has 0 aromatic heterocycles. The summed E-state index contributed by atoms with van der Waals surface area (Å²) in [4.78, 5) is 40.9. The maximum absolute atomic E-state index is 13.2. The second-order valence-electron chi connectivity index (χ2n) is 6.81. The van der Waals surface area contributed by atoms with E-state index in [1.165, 1.54) is 35.0 Å². The zero-order valence-electron chi connectivity index (χ0n) is 15.0. The normalized spacial score (nSPS) is 23.7. The zero-order chi connectivity index (χ0) is 19.9. The minimum Gasteiger partial charge on any atom is -0.336 e. The Morgan fingerprint density at radius 1 is 1.15 bits per heavy atom. The summed E-state index contributed by atoms with van der Waals surface area (Å²) in [5, 5.41) is 0. The van der Waals surface area contributed by atoms with Gasteiger partial charge < -0.3 is 9.80 Å². The first-order valence-corrected chi connectivity index (χ1v) is 8.67. The van der Waals surface area contributed by atoms with E-state index in [0.29, 0.717) is 6.42 Å². The molecule has 27 heavy (non-hydrogen) atoms. The number of carbonyl (C=O) groups excluding carboxylic acids is 3. The third kappa shape index (κ3) is 3.38. The van der Waals surface area contributed by atoms with Crippen molar-refractivity contribution in [3.63, 3.8) is 0 Å². The van der Waals surface area contributed by atoms with Crippen molar-refractivity contribution in [3.8, 4) is 0 Å². The molecule has 1 aromatic carbocycles. The molecule has 2 heterocycles. The molecule has 2 fully saturated rings. The molecule has 2 saturated heterocycles. The Kier molecular flexibility index (Phi) is 4.88. The SMILES string of the molecule is CC[C@H]1C(=O)N([C@H]2CC(=O)N(Cc3ccccc3C(F)(F)F)C2)C(=O)N1C. The number of likely N-dealkylation sites (tertiary alicyclic amines) is 1. The average molecular weight is 383 g/mol. The van der Waals surface area contributed by atoms with Gasteiger partial charge in [0.1, 0.15) is 6.04 Å². The molecule has 3 rings (SSSR count). The number of alkyl halides is 3. The van der Waals surface area contributed by atoms with Crippen LogP contribution in [-0.4, -0.2) is 58.2 Å². The van der Waals surface area contributed by atoms with Crippen LogP contribution in [0.1, 0.15) is 30.9 Å². The number of carbonyl (C=O) groups is 3. The predicted molar refractivity (Wildman–Crippen MR) is 89.4 cm³/mol. The van der Waals surface area contributed by atoms with Crippen molar-refractivity contribution < 1.29 is 27.6 Å². The van der Waals surface area contributed by atoms with E-state index < -0.39 is 29.9 Å². The van der Waals surface area contributed by atoms with Gasteiger partial charge in [0.2, 0.25) is 5.91 Å². The summed E-state index contributed by atoms with van der Waals surface area (Å²) in [5.74, 6) is -0.736. The van der Waals surface area contributed by atoms with Crippen molar-refractivity contribution in [1.82, 2.24) is 14.7 Å². The largest absolute Gasteiger partial charge is 0.416 e. The van der Waals surface area contributed by atoms with Crippen LogP contribution in [0, 0.1) is 0 Å². The Labute approximate surface area is 154 Å². The van der Waals surface area contributed by atoms with Gasteiger partial charge in [0.25, 0.3) is 5.91 Å². The van der Waals surface area contributed by atoms with Crippen molar-refractivity contribution in [3.05, 3.63) is 35.4 Å². The van der Waals surface area contributed by atoms with Gasteiger partial charge in [-0.3, -0.25) is 14.5 Å². The lowest BCUT2D eigenvalue weighted by Gasteiger charge is -2.23. The molecule has 9 heteroatoms. The molecule has 2 aliphatic heterocycles. The number of rotatable bonds is 4. The monoisotopic (exact) mass is 383 g/mol.